The maximum Gasteiger partial charge on any atom is 0.258 e. The lowest BCUT2D eigenvalue weighted by molar-refractivity contribution is 0.271. The lowest BCUT2D eigenvalue weighted by atomic mass is 10.1. The largest absolute Gasteiger partial charge is 0.441 e. The monoisotopic (exact) mass is 389 g/mol. The normalized spacial score (nSPS) is 15.4. The van der Waals surface area contributed by atoms with Crippen molar-refractivity contribution < 1.29 is 4.42 Å². The second-order valence-electron chi connectivity index (χ2n) is 7.43. The van der Waals surface area contributed by atoms with Crippen molar-refractivity contribution in [2.75, 3.05) is 37.6 Å². The highest BCUT2D eigenvalue weighted by Gasteiger charge is 2.17. The van der Waals surface area contributed by atoms with E-state index in [0.29, 0.717) is 22.8 Å². The third-order valence-electron chi connectivity index (χ3n) is 5.62. The van der Waals surface area contributed by atoms with Crippen LogP contribution >= 0.6 is 0 Å². The minimum Gasteiger partial charge on any atom is -0.441 e. The van der Waals surface area contributed by atoms with E-state index in [4.69, 9.17) is 9.40 Å². The van der Waals surface area contributed by atoms with Crippen LogP contribution in [-0.2, 0) is 0 Å². The highest BCUT2D eigenvalue weighted by atomic mass is 16.3. The molecule has 0 unspecified atom stereocenters. The summed E-state index contributed by atoms with van der Waals surface area (Å²) < 4.78 is 7.24. The third kappa shape index (κ3) is 3.27. The standard InChI is InChI=1S/C22H23N5O2/c1-3-25-8-10-26(11-9-25)17-5-7-21-24-19(13-22(28)27(21)14-17)16-4-6-18-20(12-16)29-15(2)23-18/h4-7,12-14H,3,8-11H2,1-2H3. The average Bonchev–Trinajstić information content (AvgIpc) is 3.12. The van der Waals surface area contributed by atoms with Crippen LogP contribution in [0.15, 0.2) is 51.8 Å². The predicted molar refractivity (Wildman–Crippen MR) is 114 cm³/mol. The van der Waals surface area contributed by atoms with Gasteiger partial charge in [0.15, 0.2) is 11.5 Å². The summed E-state index contributed by atoms with van der Waals surface area (Å²) in [7, 11) is 0. The zero-order valence-corrected chi connectivity index (χ0v) is 16.6. The lowest BCUT2D eigenvalue weighted by Gasteiger charge is -2.35. The van der Waals surface area contributed by atoms with Crippen molar-refractivity contribution in [2.45, 2.75) is 13.8 Å². The number of aromatic nitrogens is 3. The highest BCUT2D eigenvalue weighted by Crippen LogP contribution is 2.24. The summed E-state index contributed by atoms with van der Waals surface area (Å²) in [6, 6.07) is 11.2. The Morgan fingerprint density at radius 3 is 2.66 bits per heavy atom. The zero-order chi connectivity index (χ0) is 20.0. The van der Waals surface area contributed by atoms with E-state index in [2.05, 4.69) is 27.8 Å². The van der Waals surface area contributed by atoms with Crippen molar-refractivity contribution in [1.82, 2.24) is 19.3 Å². The van der Waals surface area contributed by atoms with E-state index < -0.39 is 0 Å². The van der Waals surface area contributed by atoms with Crippen LogP contribution in [0.4, 0.5) is 5.69 Å². The molecule has 0 bridgehead atoms. The minimum absolute atomic E-state index is 0.0899. The van der Waals surface area contributed by atoms with Crippen LogP contribution in [0.25, 0.3) is 28.0 Å². The third-order valence-corrected chi connectivity index (χ3v) is 5.62. The van der Waals surface area contributed by atoms with Gasteiger partial charge in [-0.05, 0) is 30.8 Å². The first-order chi connectivity index (χ1) is 14.1. The van der Waals surface area contributed by atoms with Crippen molar-refractivity contribution in [3.05, 3.63) is 58.8 Å². The Kier molecular flexibility index (Phi) is 4.32. The van der Waals surface area contributed by atoms with E-state index in [1.54, 1.807) is 10.5 Å². The Bertz CT molecular complexity index is 1250. The molecule has 0 saturated carbocycles. The Morgan fingerprint density at radius 2 is 1.86 bits per heavy atom. The number of benzene rings is 1. The second-order valence-corrected chi connectivity index (χ2v) is 7.43. The number of aryl methyl sites for hydroxylation is 1. The number of pyridine rings is 1. The molecule has 0 atom stereocenters. The van der Waals surface area contributed by atoms with Gasteiger partial charge >= 0.3 is 0 Å². The maximum absolute atomic E-state index is 12.8. The number of hydrogen-bond donors (Lipinski definition) is 0. The van der Waals surface area contributed by atoms with Gasteiger partial charge in [0.1, 0.15) is 11.2 Å². The summed E-state index contributed by atoms with van der Waals surface area (Å²) in [4.78, 5) is 26.6. The van der Waals surface area contributed by atoms with Crippen molar-refractivity contribution in [3.63, 3.8) is 0 Å². The molecule has 1 saturated heterocycles. The van der Waals surface area contributed by atoms with Crippen molar-refractivity contribution in [2.24, 2.45) is 0 Å². The number of nitrogens with zero attached hydrogens (tertiary/aromatic N) is 5. The molecule has 4 heterocycles. The van der Waals surface area contributed by atoms with Gasteiger partial charge in [-0.15, -0.1) is 0 Å². The predicted octanol–water partition coefficient (Wildman–Crippen LogP) is 2.95. The summed E-state index contributed by atoms with van der Waals surface area (Å²) in [5.41, 5.74) is 4.58. The fraction of sp³-hybridized carbons (Fsp3) is 0.318. The molecule has 29 heavy (non-hydrogen) atoms. The van der Waals surface area contributed by atoms with Crippen LogP contribution in [0.5, 0.6) is 0 Å². The van der Waals surface area contributed by atoms with Gasteiger partial charge in [0.25, 0.3) is 5.56 Å². The second kappa shape index (κ2) is 7.00. The molecule has 148 valence electrons. The number of hydrogen-bond acceptors (Lipinski definition) is 6. The van der Waals surface area contributed by atoms with Crippen LogP contribution in [0.3, 0.4) is 0 Å². The molecule has 0 amide bonds. The van der Waals surface area contributed by atoms with Crippen LogP contribution in [0.1, 0.15) is 12.8 Å². The number of fused-ring (bicyclic) bond motifs is 2. The summed E-state index contributed by atoms with van der Waals surface area (Å²) in [5.74, 6) is 0.621. The van der Waals surface area contributed by atoms with Crippen LogP contribution in [-0.4, -0.2) is 52.0 Å². The Balaban J connectivity index is 1.50. The van der Waals surface area contributed by atoms with E-state index in [9.17, 15) is 4.79 Å². The molecule has 1 fully saturated rings. The molecular formula is C22H23N5O2. The number of piperazine rings is 1. The van der Waals surface area contributed by atoms with Crippen LogP contribution in [0.2, 0.25) is 0 Å². The van der Waals surface area contributed by atoms with Gasteiger partial charge in [0.05, 0.1) is 11.4 Å². The topological polar surface area (TPSA) is 66.9 Å². The van der Waals surface area contributed by atoms with E-state index in [1.807, 2.05) is 37.4 Å². The molecule has 5 rings (SSSR count). The number of rotatable bonds is 3. The first-order valence-electron chi connectivity index (χ1n) is 9.99. The minimum atomic E-state index is -0.0899. The Morgan fingerprint density at radius 1 is 1.03 bits per heavy atom. The van der Waals surface area contributed by atoms with Crippen LogP contribution in [0, 0.1) is 6.92 Å². The SMILES string of the molecule is CCN1CCN(c2ccc3nc(-c4ccc5nc(C)oc5c4)cc(=O)n3c2)CC1. The molecule has 3 aromatic heterocycles. The molecule has 1 aromatic carbocycles. The molecule has 0 spiro atoms. The molecule has 1 aliphatic rings. The lowest BCUT2D eigenvalue weighted by Crippen LogP contribution is -2.46. The first-order valence-corrected chi connectivity index (χ1v) is 9.99. The van der Waals surface area contributed by atoms with E-state index in [1.165, 1.54) is 0 Å². The summed E-state index contributed by atoms with van der Waals surface area (Å²) in [6.45, 7) is 9.12. The molecule has 0 radical (unpaired) electrons. The summed E-state index contributed by atoms with van der Waals surface area (Å²) in [5, 5.41) is 0. The Hall–Kier alpha value is -3.19. The number of anilines is 1. The van der Waals surface area contributed by atoms with Crippen molar-refractivity contribution >= 4 is 22.4 Å². The van der Waals surface area contributed by atoms with Gasteiger partial charge in [-0.25, -0.2) is 9.97 Å². The van der Waals surface area contributed by atoms with Gasteiger partial charge in [0, 0.05) is 50.9 Å². The van der Waals surface area contributed by atoms with Gasteiger partial charge in [-0.1, -0.05) is 13.0 Å². The molecule has 7 heteroatoms. The fourth-order valence-electron chi connectivity index (χ4n) is 3.95. The summed E-state index contributed by atoms with van der Waals surface area (Å²) >= 11 is 0. The van der Waals surface area contributed by atoms with Gasteiger partial charge in [-0.3, -0.25) is 9.20 Å². The number of likely N-dealkylation sites (N-methyl/N-ethyl adjacent to an activating group) is 1. The van der Waals surface area contributed by atoms with Gasteiger partial charge in [-0.2, -0.15) is 0 Å². The van der Waals surface area contributed by atoms with Crippen molar-refractivity contribution in [1.29, 1.82) is 0 Å². The quantitative estimate of drug-likeness (QED) is 0.537. The van der Waals surface area contributed by atoms with E-state index in [0.717, 1.165) is 49.5 Å². The number of oxazole rings is 1. The highest BCUT2D eigenvalue weighted by molar-refractivity contribution is 5.79. The molecule has 0 aliphatic carbocycles. The zero-order valence-electron chi connectivity index (χ0n) is 16.6. The van der Waals surface area contributed by atoms with Gasteiger partial charge < -0.3 is 14.2 Å². The summed E-state index contributed by atoms with van der Waals surface area (Å²) in [6.07, 6.45) is 1.90. The first kappa shape index (κ1) is 17.9. The fourth-order valence-corrected chi connectivity index (χ4v) is 3.95. The molecule has 1 aliphatic heterocycles. The molecule has 0 N–H and O–H groups in total. The van der Waals surface area contributed by atoms with Gasteiger partial charge in [0.2, 0.25) is 0 Å². The van der Waals surface area contributed by atoms with E-state index in [-0.39, 0.29) is 5.56 Å². The Labute approximate surface area is 168 Å². The molecule has 4 aromatic rings. The molecular weight excluding hydrogens is 366 g/mol. The van der Waals surface area contributed by atoms with E-state index >= 15 is 0 Å². The maximum atomic E-state index is 12.8. The smallest absolute Gasteiger partial charge is 0.258 e. The average molecular weight is 389 g/mol. The van der Waals surface area contributed by atoms with Crippen molar-refractivity contribution in [3.8, 4) is 11.3 Å². The van der Waals surface area contributed by atoms with Crippen LogP contribution < -0.4 is 10.5 Å². The molecule has 7 nitrogen and oxygen atoms in total.